The van der Waals surface area contributed by atoms with Crippen LogP contribution in [-0.2, 0) is 0 Å². The van der Waals surface area contributed by atoms with E-state index in [-0.39, 0.29) is 5.78 Å². The minimum Gasteiger partial charge on any atom is -0.493 e. The SMILES string of the molecule is CCOc1cc(C(=O)C(Br)=Cc2cc(OC)c3c(c2)OCCO3)ccc1N. The maximum Gasteiger partial charge on any atom is 0.203 e. The summed E-state index contributed by atoms with van der Waals surface area (Å²) in [4.78, 5) is 12.8. The Morgan fingerprint density at radius 1 is 1.22 bits per heavy atom. The van der Waals surface area contributed by atoms with Crippen molar-refractivity contribution >= 4 is 33.5 Å². The van der Waals surface area contributed by atoms with Crippen LogP contribution in [0.15, 0.2) is 34.8 Å². The van der Waals surface area contributed by atoms with Gasteiger partial charge in [-0.3, -0.25) is 4.79 Å². The average Bonchev–Trinajstić information content (AvgIpc) is 2.68. The van der Waals surface area contributed by atoms with Crippen LogP contribution >= 0.6 is 15.9 Å². The fourth-order valence-corrected chi connectivity index (χ4v) is 3.18. The zero-order valence-corrected chi connectivity index (χ0v) is 16.7. The summed E-state index contributed by atoms with van der Waals surface area (Å²) >= 11 is 3.37. The van der Waals surface area contributed by atoms with E-state index in [1.54, 1.807) is 43.5 Å². The molecule has 0 bridgehead atoms. The van der Waals surface area contributed by atoms with E-state index in [9.17, 15) is 4.79 Å². The van der Waals surface area contributed by atoms with Crippen molar-refractivity contribution in [1.29, 1.82) is 0 Å². The predicted molar refractivity (Wildman–Crippen MR) is 107 cm³/mol. The van der Waals surface area contributed by atoms with Crippen molar-refractivity contribution in [2.75, 3.05) is 32.7 Å². The standard InChI is InChI=1S/C20H20BrNO5/c1-3-25-16-11-13(4-5-15(16)22)19(23)14(21)8-12-9-17(24-2)20-18(10-12)26-6-7-27-20/h4-5,8-11H,3,6-7,22H2,1-2H3. The van der Waals surface area contributed by atoms with Crippen molar-refractivity contribution in [3.63, 3.8) is 0 Å². The first kappa shape index (κ1) is 19.1. The number of Topliss-reactive ketones (excluding diaryl/α,β-unsaturated/α-hetero) is 1. The first-order valence-electron chi connectivity index (χ1n) is 8.45. The van der Waals surface area contributed by atoms with Crippen LogP contribution in [0.2, 0.25) is 0 Å². The molecule has 0 fully saturated rings. The predicted octanol–water partition coefficient (Wildman–Crippen LogP) is 4.07. The number of halogens is 1. The molecule has 6 nitrogen and oxygen atoms in total. The molecule has 0 radical (unpaired) electrons. The van der Waals surface area contributed by atoms with Gasteiger partial charge >= 0.3 is 0 Å². The summed E-state index contributed by atoms with van der Waals surface area (Å²) in [5, 5.41) is 0. The quantitative estimate of drug-likeness (QED) is 0.420. The van der Waals surface area contributed by atoms with Gasteiger partial charge in [0.05, 0.1) is 23.9 Å². The van der Waals surface area contributed by atoms with Gasteiger partial charge < -0.3 is 24.7 Å². The maximum absolute atomic E-state index is 12.8. The van der Waals surface area contributed by atoms with Crippen LogP contribution in [0.3, 0.4) is 0 Å². The highest BCUT2D eigenvalue weighted by molar-refractivity contribution is 9.12. The Labute approximate surface area is 166 Å². The molecular formula is C20H20BrNO5. The highest BCUT2D eigenvalue weighted by Crippen LogP contribution is 2.41. The summed E-state index contributed by atoms with van der Waals surface area (Å²) in [6.45, 7) is 3.27. The third-order valence-corrected chi connectivity index (χ3v) is 4.53. The Morgan fingerprint density at radius 3 is 2.74 bits per heavy atom. The molecule has 1 aliphatic rings. The first-order valence-corrected chi connectivity index (χ1v) is 9.24. The second-order valence-corrected chi connectivity index (χ2v) is 6.61. The first-order chi connectivity index (χ1) is 13.0. The van der Waals surface area contributed by atoms with Gasteiger partial charge in [-0.05, 0) is 64.8 Å². The number of methoxy groups -OCH3 is 1. The highest BCUT2D eigenvalue weighted by Gasteiger charge is 2.19. The van der Waals surface area contributed by atoms with E-state index in [1.165, 1.54) is 0 Å². The van der Waals surface area contributed by atoms with Gasteiger partial charge in [-0.2, -0.15) is 0 Å². The van der Waals surface area contributed by atoms with Gasteiger partial charge in [-0.25, -0.2) is 0 Å². The number of nitrogens with two attached hydrogens (primary N) is 1. The zero-order valence-electron chi connectivity index (χ0n) is 15.1. The summed E-state index contributed by atoms with van der Waals surface area (Å²) < 4.78 is 22.4. The molecule has 142 valence electrons. The van der Waals surface area contributed by atoms with Gasteiger partial charge in [0.15, 0.2) is 17.3 Å². The second kappa shape index (κ2) is 8.35. The summed E-state index contributed by atoms with van der Waals surface area (Å²) in [5.41, 5.74) is 7.58. The molecular weight excluding hydrogens is 414 g/mol. The van der Waals surface area contributed by atoms with E-state index in [0.717, 1.165) is 5.56 Å². The number of fused-ring (bicyclic) bond motifs is 1. The molecule has 0 atom stereocenters. The Balaban J connectivity index is 1.91. The van der Waals surface area contributed by atoms with Gasteiger partial charge in [0.2, 0.25) is 5.75 Å². The van der Waals surface area contributed by atoms with E-state index in [0.29, 0.717) is 58.6 Å². The number of carbonyl (C=O) groups is 1. The molecule has 27 heavy (non-hydrogen) atoms. The third kappa shape index (κ3) is 4.19. The number of hydrogen-bond donors (Lipinski definition) is 1. The molecule has 2 aromatic rings. The second-order valence-electron chi connectivity index (χ2n) is 5.75. The van der Waals surface area contributed by atoms with Crippen molar-refractivity contribution in [3.05, 3.63) is 45.9 Å². The number of carbonyl (C=O) groups excluding carboxylic acids is 1. The Hall–Kier alpha value is -2.67. The van der Waals surface area contributed by atoms with Crippen molar-refractivity contribution in [3.8, 4) is 23.0 Å². The van der Waals surface area contributed by atoms with Crippen LogP contribution in [0, 0.1) is 0 Å². The number of anilines is 1. The fourth-order valence-electron chi connectivity index (χ4n) is 2.68. The Bertz CT molecular complexity index is 877. The lowest BCUT2D eigenvalue weighted by Gasteiger charge is -2.21. The largest absolute Gasteiger partial charge is 0.493 e. The van der Waals surface area contributed by atoms with Crippen molar-refractivity contribution < 1.29 is 23.7 Å². The molecule has 0 amide bonds. The summed E-state index contributed by atoms with van der Waals surface area (Å²) in [7, 11) is 1.56. The molecule has 3 rings (SSSR count). The molecule has 0 aliphatic carbocycles. The van der Waals surface area contributed by atoms with Gasteiger partial charge in [0.25, 0.3) is 0 Å². The number of benzene rings is 2. The van der Waals surface area contributed by atoms with Crippen LogP contribution in [0.1, 0.15) is 22.8 Å². The molecule has 0 saturated heterocycles. The smallest absolute Gasteiger partial charge is 0.203 e. The lowest BCUT2D eigenvalue weighted by Crippen LogP contribution is -2.16. The monoisotopic (exact) mass is 433 g/mol. The number of hydrogen-bond acceptors (Lipinski definition) is 6. The zero-order chi connectivity index (χ0) is 19.4. The molecule has 7 heteroatoms. The van der Waals surface area contributed by atoms with Gasteiger partial charge in [-0.1, -0.05) is 0 Å². The van der Waals surface area contributed by atoms with E-state index < -0.39 is 0 Å². The van der Waals surface area contributed by atoms with E-state index >= 15 is 0 Å². The van der Waals surface area contributed by atoms with Crippen molar-refractivity contribution in [1.82, 2.24) is 0 Å². The fraction of sp³-hybridized carbons (Fsp3) is 0.250. The van der Waals surface area contributed by atoms with Crippen molar-refractivity contribution in [2.45, 2.75) is 6.92 Å². The molecule has 2 N–H and O–H groups in total. The van der Waals surface area contributed by atoms with Crippen LogP contribution in [0.25, 0.3) is 6.08 Å². The number of rotatable bonds is 6. The number of allylic oxidation sites excluding steroid dienone is 1. The van der Waals surface area contributed by atoms with Crippen LogP contribution in [0.4, 0.5) is 5.69 Å². The molecule has 0 spiro atoms. The Morgan fingerprint density at radius 2 is 2.00 bits per heavy atom. The lowest BCUT2D eigenvalue weighted by molar-refractivity contribution is 0.104. The minimum atomic E-state index is -0.190. The van der Waals surface area contributed by atoms with Crippen LogP contribution in [-0.4, -0.2) is 32.7 Å². The third-order valence-electron chi connectivity index (χ3n) is 3.94. The van der Waals surface area contributed by atoms with Gasteiger partial charge in [0.1, 0.15) is 19.0 Å². The molecule has 2 aromatic carbocycles. The van der Waals surface area contributed by atoms with Crippen molar-refractivity contribution in [2.24, 2.45) is 0 Å². The van der Waals surface area contributed by atoms with E-state index in [2.05, 4.69) is 15.9 Å². The normalized spacial score (nSPS) is 13.2. The van der Waals surface area contributed by atoms with Crippen LogP contribution < -0.4 is 24.7 Å². The van der Waals surface area contributed by atoms with Gasteiger partial charge in [0, 0.05) is 5.56 Å². The number of nitrogen functional groups attached to an aromatic ring is 1. The van der Waals surface area contributed by atoms with E-state index in [4.69, 9.17) is 24.7 Å². The summed E-state index contributed by atoms with van der Waals surface area (Å²) in [6.07, 6.45) is 1.71. The topological polar surface area (TPSA) is 80.0 Å². The maximum atomic E-state index is 12.8. The molecule has 1 aliphatic heterocycles. The molecule has 0 aromatic heterocycles. The number of ketones is 1. The van der Waals surface area contributed by atoms with E-state index in [1.807, 2.05) is 6.92 Å². The molecule has 0 unspecified atom stereocenters. The summed E-state index contributed by atoms with van der Waals surface area (Å²) in [6, 6.07) is 8.56. The van der Waals surface area contributed by atoms with Gasteiger partial charge in [-0.15, -0.1) is 0 Å². The average molecular weight is 434 g/mol. The van der Waals surface area contributed by atoms with Crippen LogP contribution in [0.5, 0.6) is 23.0 Å². The minimum absolute atomic E-state index is 0.190. The number of ether oxygens (including phenoxy) is 4. The lowest BCUT2D eigenvalue weighted by atomic mass is 10.1. The Kier molecular flexibility index (Phi) is 5.91. The molecule has 1 heterocycles. The molecule has 0 saturated carbocycles. The summed E-state index contributed by atoms with van der Waals surface area (Å²) in [5.74, 6) is 2.01. The highest BCUT2D eigenvalue weighted by atomic mass is 79.9.